The Kier molecular flexibility index (Phi) is 5.13. The van der Waals surface area contributed by atoms with Crippen LogP contribution < -0.4 is 20.7 Å². The van der Waals surface area contributed by atoms with Gasteiger partial charge in [0.2, 0.25) is 5.91 Å². The van der Waals surface area contributed by atoms with Gasteiger partial charge in [0.05, 0.1) is 5.69 Å². The highest BCUT2D eigenvalue weighted by Crippen LogP contribution is 2.36. The lowest BCUT2D eigenvalue weighted by Gasteiger charge is -2.35. The van der Waals surface area contributed by atoms with Crippen LogP contribution in [0.5, 0.6) is 5.75 Å². The number of ether oxygens (including phenoxy) is 1. The molecule has 0 saturated carbocycles. The van der Waals surface area contributed by atoms with Gasteiger partial charge in [-0.05, 0) is 31.4 Å². The van der Waals surface area contributed by atoms with Gasteiger partial charge in [-0.1, -0.05) is 20.8 Å². The van der Waals surface area contributed by atoms with Crippen LogP contribution in [0.4, 0.5) is 11.4 Å². The van der Waals surface area contributed by atoms with Gasteiger partial charge in [-0.15, -0.1) is 0 Å². The van der Waals surface area contributed by atoms with E-state index in [2.05, 4.69) is 5.32 Å². The topological polar surface area (TPSA) is 84.7 Å². The molecule has 1 aromatic carbocycles. The zero-order valence-electron chi connectivity index (χ0n) is 14.1. The Labute approximate surface area is 137 Å². The largest absolute Gasteiger partial charge is 0.478 e. The van der Waals surface area contributed by atoms with Gasteiger partial charge >= 0.3 is 0 Å². The second-order valence-electron chi connectivity index (χ2n) is 6.31. The van der Waals surface area contributed by atoms with Crippen molar-refractivity contribution in [1.82, 2.24) is 5.32 Å². The summed E-state index contributed by atoms with van der Waals surface area (Å²) < 4.78 is 5.80. The van der Waals surface area contributed by atoms with Gasteiger partial charge in [0.15, 0.2) is 6.10 Å². The minimum Gasteiger partial charge on any atom is -0.478 e. The molecule has 2 atom stereocenters. The van der Waals surface area contributed by atoms with Crippen molar-refractivity contribution in [2.24, 2.45) is 5.92 Å². The molecule has 23 heavy (non-hydrogen) atoms. The van der Waals surface area contributed by atoms with Crippen LogP contribution in [0.1, 0.15) is 34.1 Å². The number of rotatable bonds is 5. The second kappa shape index (κ2) is 6.89. The third kappa shape index (κ3) is 3.75. The van der Waals surface area contributed by atoms with Gasteiger partial charge in [0.1, 0.15) is 12.3 Å². The van der Waals surface area contributed by atoms with E-state index in [4.69, 9.17) is 10.5 Å². The van der Waals surface area contributed by atoms with Crippen LogP contribution in [0, 0.1) is 5.92 Å². The molecule has 1 aliphatic heterocycles. The number of hydrogen-bond donors (Lipinski definition) is 2. The lowest BCUT2D eigenvalue weighted by Crippen LogP contribution is -2.52. The number of nitrogen functional groups attached to an aromatic ring is 1. The van der Waals surface area contributed by atoms with Crippen LogP contribution in [-0.4, -0.2) is 30.5 Å². The summed E-state index contributed by atoms with van der Waals surface area (Å²) in [6.45, 7) is 7.74. The maximum Gasteiger partial charge on any atom is 0.268 e. The van der Waals surface area contributed by atoms with Gasteiger partial charge in [-0.3, -0.25) is 14.5 Å². The van der Waals surface area contributed by atoms with Crippen LogP contribution in [0.25, 0.3) is 0 Å². The van der Waals surface area contributed by atoms with Gasteiger partial charge < -0.3 is 15.8 Å². The number of carbonyl (C=O) groups is 2. The van der Waals surface area contributed by atoms with Gasteiger partial charge in [-0.2, -0.15) is 0 Å². The molecule has 0 bridgehead atoms. The summed E-state index contributed by atoms with van der Waals surface area (Å²) in [4.78, 5) is 26.4. The van der Waals surface area contributed by atoms with Crippen LogP contribution >= 0.6 is 0 Å². The number of anilines is 2. The fraction of sp³-hybridized carbons (Fsp3) is 0.529. The van der Waals surface area contributed by atoms with Crippen molar-refractivity contribution in [2.75, 3.05) is 17.2 Å². The standard InChI is InChI=1S/C17H25N3O3/c1-5-11(4)19-15(21)9-20-13-7-6-12(18)8-14(13)23-16(10(2)3)17(20)22/h6-8,10-11,16H,5,9,18H2,1-4H3,(H,19,21). The molecule has 0 saturated heterocycles. The lowest BCUT2D eigenvalue weighted by atomic mass is 10.0. The zero-order chi connectivity index (χ0) is 17.1. The van der Waals surface area contributed by atoms with Crippen molar-refractivity contribution in [3.05, 3.63) is 18.2 Å². The van der Waals surface area contributed by atoms with Gasteiger partial charge in [0.25, 0.3) is 5.91 Å². The number of amides is 2. The molecule has 1 aliphatic rings. The van der Waals surface area contributed by atoms with Crippen LogP contribution in [0.15, 0.2) is 18.2 Å². The van der Waals surface area contributed by atoms with Crippen molar-refractivity contribution in [3.8, 4) is 5.75 Å². The first kappa shape index (κ1) is 17.1. The Morgan fingerprint density at radius 1 is 1.39 bits per heavy atom. The summed E-state index contributed by atoms with van der Waals surface area (Å²) in [5.74, 6) is 0.160. The summed E-state index contributed by atoms with van der Waals surface area (Å²) in [6.07, 6.45) is 0.227. The Morgan fingerprint density at radius 2 is 2.09 bits per heavy atom. The summed E-state index contributed by atoms with van der Waals surface area (Å²) in [5.41, 5.74) is 6.95. The highest BCUT2D eigenvalue weighted by atomic mass is 16.5. The fourth-order valence-corrected chi connectivity index (χ4v) is 2.46. The SMILES string of the molecule is CCC(C)NC(=O)CN1C(=O)C(C(C)C)Oc2cc(N)ccc21. The molecular weight excluding hydrogens is 294 g/mol. The predicted octanol–water partition coefficient (Wildman–Crippen LogP) is 1.93. The van der Waals surface area contributed by atoms with Gasteiger partial charge in [-0.25, -0.2) is 0 Å². The van der Waals surface area contributed by atoms with Gasteiger partial charge in [0, 0.05) is 17.8 Å². The Bertz CT molecular complexity index is 601. The maximum absolute atomic E-state index is 12.7. The highest BCUT2D eigenvalue weighted by molar-refractivity contribution is 6.04. The second-order valence-corrected chi connectivity index (χ2v) is 6.31. The number of carbonyl (C=O) groups excluding carboxylic acids is 2. The Morgan fingerprint density at radius 3 is 2.70 bits per heavy atom. The first-order valence-corrected chi connectivity index (χ1v) is 8.00. The van der Waals surface area contributed by atoms with E-state index < -0.39 is 6.10 Å². The molecule has 1 heterocycles. The number of nitrogens with one attached hydrogen (secondary N) is 1. The summed E-state index contributed by atoms with van der Waals surface area (Å²) >= 11 is 0. The van der Waals surface area contributed by atoms with Crippen molar-refractivity contribution >= 4 is 23.2 Å². The summed E-state index contributed by atoms with van der Waals surface area (Å²) in [7, 11) is 0. The normalized spacial score (nSPS) is 18.4. The molecule has 0 aromatic heterocycles. The van der Waals surface area contributed by atoms with E-state index in [1.165, 1.54) is 4.90 Å². The maximum atomic E-state index is 12.7. The molecule has 1 aromatic rings. The average molecular weight is 319 g/mol. The highest BCUT2D eigenvalue weighted by Gasteiger charge is 2.37. The van der Waals surface area contributed by atoms with Crippen molar-refractivity contribution in [1.29, 1.82) is 0 Å². The van der Waals surface area contributed by atoms with Crippen LogP contribution in [0.2, 0.25) is 0 Å². The molecule has 0 aliphatic carbocycles. The first-order chi connectivity index (χ1) is 10.8. The Balaban J connectivity index is 2.29. The molecule has 6 heteroatoms. The molecule has 6 nitrogen and oxygen atoms in total. The number of fused-ring (bicyclic) bond motifs is 1. The number of nitrogens with zero attached hydrogens (tertiary/aromatic N) is 1. The number of hydrogen-bond acceptors (Lipinski definition) is 4. The molecule has 0 radical (unpaired) electrons. The third-order valence-electron chi connectivity index (χ3n) is 3.96. The average Bonchev–Trinajstić information content (AvgIpc) is 2.49. The Hall–Kier alpha value is -2.24. The quantitative estimate of drug-likeness (QED) is 0.812. The minimum absolute atomic E-state index is 0.00259. The van der Waals surface area contributed by atoms with E-state index in [-0.39, 0.29) is 30.3 Å². The number of nitrogens with two attached hydrogens (primary N) is 1. The monoisotopic (exact) mass is 319 g/mol. The van der Waals surface area contributed by atoms with E-state index in [1.54, 1.807) is 18.2 Å². The lowest BCUT2D eigenvalue weighted by molar-refractivity contribution is -0.130. The van der Waals surface area contributed by atoms with Crippen molar-refractivity contribution < 1.29 is 14.3 Å². The van der Waals surface area contributed by atoms with Crippen molar-refractivity contribution in [3.63, 3.8) is 0 Å². The first-order valence-electron chi connectivity index (χ1n) is 8.00. The zero-order valence-corrected chi connectivity index (χ0v) is 14.1. The molecule has 2 unspecified atom stereocenters. The summed E-state index contributed by atoms with van der Waals surface area (Å²) in [5, 5.41) is 2.89. The van der Waals surface area contributed by atoms with Crippen LogP contribution in [-0.2, 0) is 9.59 Å². The smallest absolute Gasteiger partial charge is 0.268 e. The van der Waals surface area contributed by atoms with E-state index in [9.17, 15) is 9.59 Å². The molecule has 0 fully saturated rings. The number of benzene rings is 1. The third-order valence-corrected chi connectivity index (χ3v) is 3.96. The molecule has 0 spiro atoms. The summed E-state index contributed by atoms with van der Waals surface area (Å²) in [6, 6.07) is 5.18. The van der Waals surface area contributed by atoms with E-state index in [0.717, 1.165) is 6.42 Å². The van der Waals surface area contributed by atoms with E-state index >= 15 is 0 Å². The van der Waals surface area contributed by atoms with Crippen LogP contribution in [0.3, 0.4) is 0 Å². The predicted molar refractivity (Wildman–Crippen MR) is 90.4 cm³/mol. The van der Waals surface area contributed by atoms with E-state index in [1.807, 2.05) is 27.7 Å². The molecular formula is C17H25N3O3. The molecule has 126 valence electrons. The minimum atomic E-state index is -0.610. The van der Waals surface area contributed by atoms with E-state index in [0.29, 0.717) is 17.1 Å². The molecule has 2 rings (SSSR count). The van der Waals surface area contributed by atoms with Crippen molar-refractivity contribution in [2.45, 2.75) is 46.3 Å². The molecule has 2 amide bonds. The fourth-order valence-electron chi connectivity index (χ4n) is 2.46. The molecule has 3 N–H and O–H groups in total.